The van der Waals surface area contributed by atoms with Crippen molar-refractivity contribution in [2.45, 2.75) is 37.9 Å². The molecule has 1 aliphatic rings. The lowest BCUT2D eigenvalue weighted by Gasteiger charge is -2.41. The molecule has 2 heterocycles. The monoisotopic (exact) mass is 262 g/mol. The lowest BCUT2D eigenvalue weighted by molar-refractivity contribution is 0.0968. The Morgan fingerprint density at radius 1 is 1.42 bits per heavy atom. The maximum atomic E-state index is 6.22. The van der Waals surface area contributed by atoms with E-state index in [4.69, 9.17) is 5.73 Å². The first kappa shape index (κ1) is 14.4. The zero-order chi connectivity index (χ0) is 13.8. The number of aromatic nitrogens is 1. The lowest BCUT2D eigenvalue weighted by atomic mass is 9.96. The molecular weight excluding hydrogens is 236 g/mol. The van der Waals surface area contributed by atoms with Crippen molar-refractivity contribution in [3.63, 3.8) is 0 Å². The van der Waals surface area contributed by atoms with Crippen molar-refractivity contribution in [1.29, 1.82) is 0 Å². The summed E-state index contributed by atoms with van der Waals surface area (Å²) in [6.07, 6.45) is 6.20. The molecule has 19 heavy (non-hydrogen) atoms. The number of likely N-dealkylation sites (tertiary alicyclic amines) is 1. The molecule has 1 aliphatic heterocycles. The molecule has 2 unspecified atom stereocenters. The third kappa shape index (κ3) is 3.53. The third-order valence-electron chi connectivity index (χ3n) is 4.23. The van der Waals surface area contributed by atoms with Gasteiger partial charge in [0.1, 0.15) is 0 Å². The Labute approximate surface area is 116 Å². The van der Waals surface area contributed by atoms with Crippen LogP contribution < -0.4 is 5.73 Å². The first-order valence-electron chi connectivity index (χ1n) is 7.15. The van der Waals surface area contributed by atoms with Gasteiger partial charge in [0.2, 0.25) is 0 Å². The van der Waals surface area contributed by atoms with E-state index in [9.17, 15) is 0 Å². The predicted octanol–water partition coefficient (Wildman–Crippen LogP) is 1.50. The van der Waals surface area contributed by atoms with Gasteiger partial charge in [-0.05, 0) is 58.6 Å². The van der Waals surface area contributed by atoms with Crippen LogP contribution in [0.5, 0.6) is 0 Å². The zero-order valence-corrected chi connectivity index (χ0v) is 12.3. The lowest BCUT2D eigenvalue weighted by Crippen LogP contribution is -2.47. The van der Waals surface area contributed by atoms with Crippen LogP contribution in [-0.4, -0.2) is 54.1 Å². The second-order valence-electron chi connectivity index (χ2n) is 5.79. The van der Waals surface area contributed by atoms with E-state index in [2.05, 4.69) is 41.9 Å². The predicted molar refractivity (Wildman–Crippen MR) is 78.9 cm³/mol. The number of piperidine rings is 1. The SMILES string of the molecule is CC(N)C(c1cccnc1)N(C)C1CCN(C)CC1. The van der Waals surface area contributed by atoms with Crippen molar-refractivity contribution in [3.05, 3.63) is 30.1 Å². The summed E-state index contributed by atoms with van der Waals surface area (Å²) in [5, 5.41) is 0. The van der Waals surface area contributed by atoms with E-state index in [0.29, 0.717) is 6.04 Å². The maximum absolute atomic E-state index is 6.22. The Morgan fingerprint density at radius 2 is 2.11 bits per heavy atom. The molecule has 0 aromatic carbocycles. The Hall–Kier alpha value is -0.970. The van der Waals surface area contributed by atoms with E-state index >= 15 is 0 Å². The first-order chi connectivity index (χ1) is 9.09. The highest BCUT2D eigenvalue weighted by molar-refractivity contribution is 5.16. The quantitative estimate of drug-likeness (QED) is 0.893. The second-order valence-corrected chi connectivity index (χ2v) is 5.79. The number of likely N-dealkylation sites (N-methyl/N-ethyl adjacent to an activating group) is 1. The molecule has 0 spiro atoms. The molecule has 0 radical (unpaired) electrons. The smallest absolute Gasteiger partial charge is 0.0511 e. The van der Waals surface area contributed by atoms with Crippen molar-refractivity contribution in [1.82, 2.24) is 14.8 Å². The molecule has 1 saturated heterocycles. The van der Waals surface area contributed by atoms with Gasteiger partial charge in [0.25, 0.3) is 0 Å². The van der Waals surface area contributed by atoms with Crippen LogP contribution in [-0.2, 0) is 0 Å². The van der Waals surface area contributed by atoms with Gasteiger partial charge in [-0.15, -0.1) is 0 Å². The van der Waals surface area contributed by atoms with E-state index in [1.807, 2.05) is 18.5 Å². The van der Waals surface area contributed by atoms with Gasteiger partial charge in [0.15, 0.2) is 0 Å². The molecule has 1 aromatic heterocycles. The third-order valence-corrected chi connectivity index (χ3v) is 4.23. The van der Waals surface area contributed by atoms with Crippen LogP contribution in [0.25, 0.3) is 0 Å². The molecule has 1 aromatic rings. The van der Waals surface area contributed by atoms with Crippen LogP contribution in [0.2, 0.25) is 0 Å². The van der Waals surface area contributed by atoms with Crippen molar-refractivity contribution < 1.29 is 0 Å². The minimum atomic E-state index is 0.105. The molecule has 1 fully saturated rings. The van der Waals surface area contributed by atoms with Crippen LogP contribution in [0.3, 0.4) is 0 Å². The van der Waals surface area contributed by atoms with Gasteiger partial charge >= 0.3 is 0 Å². The minimum Gasteiger partial charge on any atom is -0.326 e. The summed E-state index contributed by atoms with van der Waals surface area (Å²) in [5.41, 5.74) is 7.44. The Morgan fingerprint density at radius 3 is 2.63 bits per heavy atom. The van der Waals surface area contributed by atoms with Gasteiger partial charge in [-0.1, -0.05) is 6.07 Å². The standard InChI is InChI=1S/C15H26N4/c1-12(16)15(13-5-4-8-17-11-13)19(3)14-6-9-18(2)10-7-14/h4-5,8,11-12,14-15H,6-7,9-10,16H2,1-3H3. The maximum Gasteiger partial charge on any atom is 0.0511 e. The van der Waals surface area contributed by atoms with Gasteiger partial charge in [-0.2, -0.15) is 0 Å². The first-order valence-corrected chi connectivity index (χ1v) is 7.15. The average molecular weight is 262 g/mol. The Kier molecular flexibility index (Phi) is 4.91. The number of pyridine rings is 1. The highest BCUT2D eigenvalue weighted by Crippen LogP contribution is 2.27. The molecule has 2 rings (SSSR count). The minimum absolute atomic E-state index is 0.105. The fraction of sp³-hybridized carbons (Fsp3) is 0.667. The van der Waals surface area contributed by atoms with Gasteiger partial charge in [-0.3, -0.25) is 9.88 Å². The van der Waals surface area contributed by atoms with Crippen molar-refractivity contribution >= 4 is 0 Å². The Balaban J connectivity index is 2.11. The van der Waals surface area contributed by atoms with Gasteiger partial charge in [0.05, 0.1) is 6.04 Å². The molecule has 0 bridgehead atoms. The van der Waals surface area contributed by atoms with Crippen molar-refractivity contribution in [2.24, 2.45) is 5.73 Å². The number of nitrogens with two attached hydrogens (primary N) is 1. The highest BCUT2D eigenvalue weighted by atomic mass is 15.2. The van der Waals surface area contributed by atoms with Crippen LogP contribution in [0, 0.1) is 0 Å². The molecule has 0 amide bonds. The van der Waals surface area contributed by atoms with E-state index in [1.165, 1.54) is 31.5 Å². The summed E-state index contributed by atoms with van der Waals surface area (Å²) in [5.74, 6) is 0. The summed E-state index contributed by atoms with van der Waals surface area (Å²) in [7, 11) is 4.40. The summed E-state index contributed by atoms with van der Waals surface area (Å²) < 4.78 is 0. The fourth-order valence-corrected chi connectivity index (χ4v) is 3.09. The van der Waals surface area contributed by atoms with E-state index in [-0.39, 0.29) is 12.1 Å². The summed E-state index contributed by atoms with van der Waals surface area (Å²) in [6.45, 7) is 4.44. The normalized spacial score (nSPS) is 21.5. The molecule has 2 atom stereocenters. The second kappa shape index (κ2) is 6.46. The topological polar surface area (TPSA) is 45.4 Å². The fourth-order valence-electron chi connectivity index (χ4n) is 3.09. The number of hydrogen-bond acceptors (Lipinski definition) is 4. The molecular formula is C15H26N4. The zero-order valence-electron chi connectivity index (χ0n) is 12.3. The summed E-state index contributed by atoms with van der Waals surface area (Å²) in [4.78, 5) is 9.09. The van der Waals surface area contributed by atoms with Crippen LogP contribution in [0.4, 0.5) is 0 Å². The van der Waals surface area contributed by atoms with Crippen molar-refractivity contribution in [3.8, 4) is 0 Å². The molecule has 4 nitrogen and oxygen atoms in total. The van der Waals surface area contributed by atoms with E-state index < -0.39 is 0 Å². The van der Waals surface area contributed by atoms with E-state index in [1.54, 1.807) is 0 Å². The molecule has 0 saturated carbocycles. The molecule has 2 N–H and O–H groups in total. The summed E-state index contributed by atoms with van der Waals surface area (Å²) in [6, 6.07) is 5.10. The van der Waals surface area contributed by atoms with Crippen LogP contribution in [0.1, 0.15) is 31.4 Å². The number of hydrogen-bond donors (Lipinski definition) is 1. The number of nitrogens with zero attached hydrogens (tertiary/aromatic N) is 3. The van der Waals surface area contributed by atoms with Crippen LogP contribution >= 0.6 is 0 Å². The number of rotatable bonds is 4. The van der Waals surface area contributed by atoms with Gasteiger partial charge in [0, 0.05) is 24.5 Å². The average Bonchev–Trinajstić information content (AvgIpc) is 2.40. The van der Waals surface area contributed by atoms with Crippen LogP contribution in [0.15, 0.2) is 24.5 Å². The molecule has 4 heteroatoms. The van der Waals surface area contributed by atoms with Gasteiger partial charge in [-0.25, -0.2) is 0 Å². The molecule has 0 aliphatic carbocycles. The summed E-state index contributed by atoms with van der Waals surface area (Å²) >= 11 is 0. The van der Waals surface area contributed by atoms with E-state index in [0.717, 1.165) is 0 Å². The largest absolute Gasteiger partial charge is 0.326 e. The van der Waals surface area contributed by atoms with Crippen molar-refractivity contribution in [2.75, 3.05) is 27.2 Å². The van der Waals surface area contributed by atoms with Gasteiger partial charge < -0.3 is 10.6 Å². The Bertz CT molecular complexity index is 371. The molecule has 106 valence electrons. The highest BCUT2D eigenvalue weighted by Gasteiger charge is 2.29.